The van der Waals surface area contributed by atoms with Crippen LogP contribution in [0.1, 0.15) is 0 Å². The summed E-state index contributed by atoms with van der Waals surface area (Å²) in [7, 11) is -0.859. The smallest absolute Gasteiger partial charge is 0.468 e. The Morgan fingerprint density at radius 3 is 0.741 bits per heavy atom. The lowest BCUT2D eigenvalue weighted by molar-refractivity contribution is 0.502. The average Bonchev–Trinajstić information content (AvgIpc) is 2.81. The van der Waals surface area contributed by atoms with Crippen molar-refractivity contribution in [2.45, 2.75) is 0 Å². The highest BCUT2D eigenvalue weighted by Crippen LogP contribution is 2.39. The quantitative estimate of drug-likeness (QED) is 0.0896. The molecule has 21 heteroatoms. The largest absolute Gasteiger partial charge is 0.527 e. The second-order valence-electron chi connectivity index (χ2n) is 20.9. The number of benzene rings is 8. The number of hydrogen-bond acceptors (Lipinski definition) is 14. The molecule has 18 nitrogen and oxygen atoms in total. The molecule has 0 saturated heterocycles. The molecule has 4 N–H and O–H groups in total. The van der Waals surface area contributed by atoms with Gasteiger partial charge in [0.1, 0.15) is 45.2 Å². The van der Waals surface area contributed by atoms with Crippen LogP contribution in [0.3, 0.4) is 0 Å². The number of nitrogens with one attached hydrogen (secondary N) is 4. The summed E-state index contributed by atoms with van der Waals surface area (Å²) in [5.74, 6) is 4.33. The molecular formula is C64H37Al2N16O2Si. The first-order valence-electron chi connectivity index (χ1n) is 27.6. The highest BCUT2D eigenvalue weighted by atomic mass is 28.3. The highest BCUT2D eigenvalue weighted by Gasteiger charge is 2.26. The van der Waals surface area contributed by atoms with Gasteiger partial charge >= 0.3 is 41.1 Å². The van der Waals surface area contributed by atoms with Crippen LogP contribution < -0.4 is 8.85 Å². The summed E-state index contributed by atoms with van der Waals surface area (Å²) in [5.41, 5.74) is 12.0. The number of H-pyrrole nitrogens is 4. The van der Waals surface area contributed by atoms with Crippen LogP contribution in [0.4, 0.5) is 0 Å². The van der Waals surface area contributed by atoms with E-state index in [1.807, 2.05) is 158 Å². The van der Waals surface area contributed by atoms with Gasteiger partial charge in [0.25, 0.3) is 0 Å². The zero-order valence-electron chi connectivity index (χ0n) is 44.5. The molecular weight excluding hydrogens is 1110 g/mol. The van der Waals surface area contributed by atoms with Gasteiger partial charge in [0.15, 0.2) is 46.6 Å². The number of hydrogen-bond donors (Lipinski definition) is 4. The summed E-state index contributed by atoms with van der Waals surface area (Å²) in [6.45, 7) is 0. The first-order valence-corrected chi connectivity index (χ1v) is 31.1. The van der Waals surface area contributed by atoms with E-state index in [4.69, 9.17) is 66.8 Å². The maximum absolute atomic E-state index is 6.71. The summed E-state index contributed by atoms with van der Waals surface area (Å²) in [4.78, 5) is 76.5. The molecule has 0 spiro atoms. The Hall–Kier alpha value is -10.3. The standard InChI is InChI=1S/2C32H17N8.2Al.HO2Si.2H/c2*1-2-10-18-17(9-1)25-33-26(18)38-28-21-13-5-6-14-22(21)30(35-28)40-32-24-16-8-7-15-23(24)31(36-32)39-29-20-12-4-3-11-19(20)27(34-29)37-25;;;1-3-2;;/h2*1-15H,(H2,33,34,35,36,37,38,39,40);;;3H;;/q;;2*+1;-2;;. The topological polar surface area (TPSA) is 236 Å². The van der Waals surface area contributed by atoms with Crippen molar-refractivity contribution in [3.63, 3.8) is 0 Å². The van der Waals surface area contributed by atoms with Gasteiger partial charge in [-0.15, -0.1) is 0 Å². The van der Waals surface area contributed by atoms with Crippen molar-refractivity contribution >= 4 is 138 Å². The molecule has 4 aliphatic rings. The molecule has 6 aromatic heterocycles. The highest BCUT2D eigenvalue weighted by molar-refractivity contribution is 6.61. The van der Waals surface area contributed by atoms with E-state index in [1.165, 1.54) is 0 Å². The Morgan fingerprint density at radius 2 is 0.459 bits per heavy atom. The molecule has 0 saturated carbocycles. The minimum atomic E-state index is -1.43. The number of nitrogens with zero attached hydrogens (tertiary/aromatic N) is 12. The Kier molecular flexibility index (Phi) is 10.8. The fourth-order valence-electron chi connectivity index (χ4n) is 12.1. The predicted molar refractivity (Wildman–Crippen MR) is 335 cm³/mol. The Bertz CT molecular complexity index is 5260. The Labute approximate surface area is 494 Å². The zero-order chi connectivity index (χ0) is 55.7. The second-order valence-corrected chi connectivity index (χ2v) is 25.9. The minimum Gasteiger partial charge on any atom is -0.527 e. The summed E-state index contributed by atoms with van der Waals surface area (Å²) in [5, 5.41) is 7.25. The number of rotatable bonds is 6. The van der Waals surface area contributed by atoms with Gasteiger partial charge in [-0.05, 0) is 0 Å². The average molecular weight is 1140 g/mol. The fourth-order valence-corrected chi connectivity index (χ4v) is 16.8. The van der Waals surface area contributed by atoms with Crippen LogP contribution in [-0.4, -0.2) is 121 Å². The predicted octanol–water partition coefficient (Wildman–Crippen LogP) is 10.0. The van der Waals surface area contributed by atoms with Gasteiger partial charge in [-0.3, -0.25) is 0 Å². The summed E-state index contributed by atoms with van der Waals surface area (Å²) >= 11 is -2.85. The monoisotopic (exact) mass is 1140 g/mol. The summed E-state index contributed by atoms with van der Waals surface area (Å²) in [6, 6.07) is 60.8. The first kappa shape index (κ1) is 48.2. The molecule has 0 fully saturated rings. The zero-order valence-corrected chi connectivity index (χ0v) is 48.5. The van der Waals surface area contributed by atoms with Gasteiger partial charge in [-0.2, -0.15) is 0 Å². The molecule has 8 aromatic carbocycles. The van der Waals surface area contributed by atoms with E-state index < -0.39 is 41.1 Å². The van der Waals surface area contributed by atoms with Gasteiger partial charge in [0.05, 0.1) is 0 Å². The van der Waals surface area contributed by atoms with E-state index in [0.29, 0.717) is 91.8 Å². The van der Waals surface area contributed by atoms with E-state index in [0.717, 1.165) is 96.4 Å². The molecule has 18 rings (SSSR count). The molecule has 0 aliphatic carbocycles. The van der Waals surface area contributed by atoms with E-state index in [9.17, 15) is 0 Å². The third kappa shape index (κ3) is 7.84. The molecule has 14 aromatic rings. The van der Waals surface area contributed by atoms with Crippen molar-refractivity contribution in [2.24, 2.45) is 0 Å². The second kappa shape index (κ2) is 19.1. The van der Waals surface area contributed by atoms with Crippen molar-refractivity contribution in [2.75, 3.05) is 0 Å². The van der Waals surface area contributed by atoms with Crippen LogP contribution in [0.15, 0.2) is 182 Å². The van der Waals surface area contributed by atoms with Crippen LogP contribution in [0.2, 0.25) is 0 Å². The molecule has 0 unspecified atom stereocenters. The summed E-state index contributed by atoms with van der Waals surface area (Å²) in [6.07, 6.45) is 0. The van der Waals surface area contributed by atoms with Crippen molar-refractivity contribution in [1.29, 1.82) is 0 Å². The molecule has 395 valence electrons. The Balaban J connectivity index is 0.742. The van der Waals surface area contributed by atoms with E-state index in [-0.39, 0.29) is 0 Å². The molecule has 1 radical (unpaired) electrons. The normalized spacial score (nSPS) is 12.1. The summed E-state index contributed by atoms with van der Waals surface area (Å²) < 4.78 is 15.5. The SMILES string of the molecule is c1ccc2c(c1)-c1nc-2nc2[nH]c(nc3nc(nc4[nH]c(n1)c1ccccc41)-c1ccccc1-3)c1[c]([AlH][O][SiH][O][AlH][c]3cccc4c5nc6nc(nc7[nH]c(nc8nc(nc([nH]5)c34)-c3ccccc3-8)c3ccccc73)-c3ccccc3-6)cccc21. The first-order chi connectivity index (χ1) is 42.1. The molecule has 16 bridgehead atoms. The molecule has 0 amide bonds. The third-order valence-electron chi connectivity index (χ3n) is 15.9. The van der Waals surface area contributed by atoms with Crippen LogP contribution in [0.25, 0.3) is 179 Å². The van der Waals surface area contributed by atoms with Crippen LogP contribution in [-0.2, 0) is 6.96 Å². The van der Waals surface area contributed by atoms with Crippen LogP contribution in [0, 0.1) is 0 Å². The van der Waals surface area contributed by atoms with Crippen molar-refractivity contribution < 1.29 is 6.96 Å². The van der Waals surface area contributed by atoms with Gasteiger partial charge in [0.2, 0.25) is 0 Å². The molecule has 0 atom stereocenters. The maximum atomic E-state index is 6.71. The lowest BCUT2D eigenvalue weighted by atomic mass is 10.1. The van der Waals surface area contributed by atoms with Crippen molar-refractivity contribution in [3.8, 4) is 91.1 Å². The fraction of sp³-hybridized carbons (Fsp3) is 0. The van der Waals surface area contributed by atoms with Crippen molar-refractivity contribution in [3.05, 3.63) is 182 Å². The van der Waals surface area contributed by atoms with Gasteiger partial charge < -0.3 is 26.9 Å². The third-order valence-corrected chi connectivity index (χ3v) is 20.2. The Morgan fingerprint density at radius 1 is 0.235 bits per heavy atom. The van der Waals surface area contributed by atoms with E-state index in [2.05, 4.69) is 44.2 Å². The van der Waals surface area contributed by atoms with Crippen LogP contribution >= 0.6 is 0 Å². The van der Waals surface area contributed by atoms with Gasteiger partial charge in [-0.25, -0.2) is 59.8 Å². The molecule has 10 heterocycles. The lowest BCUT2D eigenvalue weighted by Crippen LogP contribution is -2.25. The maximum Gasteiger partial charge on any atom is 0.468 e. The molecule has 4 aliphatic heterocycles. The molecule has 85 heavy (non-hydrogen) atoms. The van der Waals surface area contributed by atoms with E-state index in [1.54, 1.807) is 0 Å². The number of fused-ring (bicyclic) bond motifs is 40. The van der Waals surface area contributed by atoms with Crippen molar-refractivity contribution in [1.82, 2.24) is 79.7 Å². The minimum absolute atomic E-state index is 0.532. The van der Waals surface area contributed by atoms with Crippen LogP contribution in [0.5, 0.6) is 0 Å². The van der Waals surface area contributed by atoms with Gasteiger partial charge in [0, 0.05) is 87.6 Å². The lowest BCUT2D eigenvalue weighted by Gasteiger charge is -2.07. The number of aromatic nitrogens is 16. The van der Waals surface area contributed by atoms with Gasteiger partial charge in [-0.1, -0.05) is 191 Å². The number of aromatic amines is 4. The van der Waals surface area contributed by atoms with E-state index >= 15 is 0 Å².